The van der Waals surface area contributed by atoms with Gasteiger partial charge in [-0.05, 0) is 42.7 Å². The quantitative estimate of drug-likeness (QED) is 0.598. The fourth-order valence-electron chi connectivity index (χ4n) is 1.41. The van der Waals surface area contributed by atoms with E-state index in [1.54, 1.807) is 0 Å². The first kappa shape index (κ1) is 13.3. The molecule has 0 atom stereocenters. The van der Waals surface area contributed by atoms with Gasteiger partial charge >= 0.3 is 0 Å². The predicted molar refractivity (Wildman–Crippen MR) is 63.8 cm³/mol. The first-order valence-corrected chi connectivity index (χ1v) is 4.47. The molecule has 0 heterocycles. The molecule has 0 aromatic heterocycles. The highest BCUT2D eigenvalue weighted by Crippen LogP contribution is 2.20. The van der Waals surface area contributed by atoms with Crippen molar-refractivity contribution in [3.63, 3.8) is 0 Å². The molecule has 0 radical (unpaired) electrons. The second-order valence-corrected chi connectivity index (χ2v) is 3.66. The number of aryl methyl sites for hydroxylation is 2. The van der Waals surface area contributed by atoms with Crippen LogP contribution in [0.3, 0.4) is 0 Å². The zero-order valence-electron chi connectivity index (χ0n) is 8.23. The van der Waals surface area contributed by atoms with Crippen LogP contribution in [-0.4, -0.2) is 5.84 Å². The summed E-state index contributed by atoms with van der Waals surface area (Å²) in [5.74, 6) is 0.188. The van der Waals surface area contributed by atoms with Crippen LogP contribution in [0.25, 0.3) is 0 Å². The smallest absolute Gasteiger partial charge is 0.0950 e. The lowest BCUT2D eigenvalue weighted by Gasteiger charge is -2.09. The van der Waals surface area contributed by atoms with Crippen LogP contribution in [-0.2, 0) is 6.42 Å². The van der Waals surface area contributed by atoms with Gasteiger partial charge in [0.05, 0.1) is 5.84 Å². The summed E-state index contributed by atoms with van der Waals surface area (Å²) in [6, 6.07) is 3.79. The first-order chi connectivity index (χ1) is 6.00. The Kier molecular flexibility index (Phi) is 4.95. The fourth-order valence-corrected chi connectivity index (χ4v) is 1.74. The molecular formula is C10H14Cl2N2. The monoisotopic (exact) mass is 232 g/mol. The van der Waals surface area contributed by atoms with Gasteiger partial charge in [-0.25, -0.2) is 0 Å². The van der Waals surface area contributed by atoms with Crippen molar-refractivity contribution in [2.24, 2.45) is 5.73 Å². The van der Waals surface area contributed by atoms with E-state index in [4.69, 9.17) is 22.7 Å². The third-order valence-corrected chi connectivity index (χ3v) is 2.25. The number of hydrogen-bond donors (Lipinski definition) is 2. The van der Waals surface area contributed by atoms with Crippen LogP contribution in [0, 0.1) is 19.3 Å². The molecule has 14 heavy (non-hydrogen) atoms. The molecule has 78 valence electrons. The molecule has 0 aliphatic rings. The summed E-state index contributed by atoms with van der Waals surface area (Å²) in [6.45, 7) is 3.97. The van der Waals surface area contributed by atoms with Crippen molar-refractivity contribution in [2.75, 3.05) is 0 Å². The van der Waals surface area contributed by atoms with Gasteiger partial charge in [0.25, 0.3) is 0 Å². The third-order valence-electron chi connectivity index (χ3n) is 2.03. The molecule has 0 bridgehead atoms. The van der Waals surface area contributed by atoms with E-state index < -0.39 is 0 Å². The molecule has 0 spiro atoms. The lowest BCUT2D eigenvalue weighted by Crippen LogP contribution is -2.14. The van der Waals surface area contributed by atoms with E-state index in [9.17, 15) is 0 Å². The minimum Gasteiger partial charge on any atom is -0.387 e. The van der Waals surface area contributed by atoms with Crippen molar-refractivity contribution in [2.45, 2.75) is 20.3 Å². The third kappa shape index (κ3) is 3.20. The zero-order chi connectivity index (χ0) is 10.0. The van der Waals surface area contributed by atoms with Gasteiger partial charge in [-0.2, -0.15) is 0 Å². The second-order valence-electron chi connectivity index (χ2n) is 3.22. The molecular weight excluding hydrogens is 219 g/mol. The van der Waals surface area contributed by atoms with Crippen molar-refractivity contribution < 1.29 is 0 Å². The van der Waals surface area contributed by atoms with E-state index in [-0.39, 0.29) is 18.2 Å². The van der Waals surface area contributed by atoms with Crippen LogP contribution < -0.4 is 5.73 Å². The van der Waals surface area contributed by atoms with E-state index in [0.717, 1.165) is 21.7 Å². The molecule has 3 N–H and O–H groups in total. The molecule has 0 saturated carbocycles. The summed E-state index contributed by atoms with van der Waals surface area (Å²) in [4.78, 5) is 0. The topological polar surface area (TPSA) is 49.9 Å². The van der Waals surface area contributed by atoms with E-state index in [1.165, 1.54) is 0 Å². The summed E-state index contributed by atoms with van der Waals surface area (Å²) in [5.41, 5.74) is 8.65. The predicted octanol–water partition coefficient (Wildman–Crippen LogP) is 2.86. The van der Waals surface area contributed by atoms with E-state index in [1.807, 2.05) is 26.0 Å². The highest BCUT2D eigenvalue weighted by molar-refractivity contribution is 6.30. The Morgan fingerprint density at radius 3 is 2.14 bits per heavy atom. The number of rotatable bonds is 2. The van der Waals surface area contributed by atoms with E-state index in [0.29, 0.717) is 6.42 Å². The van der Waals surface area contributed by atoms with Gasteiger partial charge in [-0.1, -0.05) is 11.6 Å². The lowest BCUT2D eigenvalue weighted by atomic mass is 10.00. The Hall–Kier alpha value is -0.730. The highest BCUT2D eigenvalue weighted by atomic mass is 35.5. The number of halogens is 2. The zero-order valence-corrected chi connectivity index (χ0v) is 9.80. The minimum atomic E-state index is 0. The molecule has 0 fully saturated rings. The van der Waals surface area contributed by atoms with Gasteiger partial charge in [0.2, 0.25) is 0 Å². The van der Waals surface area contributed by atoms with Crippen molar-refractivity contribution in [3.05, 3.63) is 33.8 Å². The number of amidine groups is 1. The summed E-state index contributed by atoms with van der Waals surface area (Å²) in [6.07, 6.45) is 0.509. The average Bonchev–Trinajstić information content (AvgIpc) is 1.96. The maximum absolute atomic E-state index is 7.22. The van der Waals surface area contributed by atoms with Crippen molar-refractivity contribution >= 4 is 29.8 Å². The van der Waals surface area contributed by atoms with Gasteiger partial charge in [-0.3, -0.25) is 5.41 Å². The summed E-state index contributed by atoms with van der Waals surface area (Å²) in [7, 11) is 0. The molecule has 1 rings (SSSR count). The summed E-state index contributed by atoms with van der Waals surface area (Å²) in [5, 5.41) is 7.96. The second kappa shape index (κ2) is 5.23. The van der Waals surface area contributed by atoms with E-state index >= 15 is 0 Å². The van der Waals surface area contributed by atoms with Crippen LogP contribution in [0.2, 0.25) is 5.02 Å². The van der Waals surface area contributed by atoms with Crippen molar-refractivity contribution in [3.8, 4) is 0 Å². The maximum atomic E-state index is 7.22. The van der Waals surface area contributed by atoms with Crippen LogP contribution in [0.1, 0.15) is 16.7 Å². The van der Waals surface area contributed by atoms with Crippen molar-refractivity contribution in [1.29, 1.82) is 5.41 Å². The molecule has 2 nitrogen and oxygen atoms in total. The number of nitrogens with two attached hydrogens (primary N) is 1. The van der Waals surface area contributed by atoms with Gasteiger partial charge in [0, 0.05) is 11.4 Å². The Morgan fingerprint density at radius 2 is 1.79 bits per heavy atom. The Morgan fingerprint density at radius 1 is 1.36 bits per heavy atom. The number of benzene rings is 1. The molecule has 0 aliphatic carbocycles. The van der Waals surface area contributed by atoms with Gasteiger partial charge < -0.3 is 5.73 Å². The summed E-state index contributed by atoms with van der Waals surface area (Å²) >= 11 is 5.87. The fraction of sp³-hybridized carbons (Fsp3) is 0.300. The van der Waals surface area contributed by atoms with E-state index in [2.05, 4.69) is 0 Å². The van der Waals surface area contributed by atoms with Gasteiger partial charge in [0.15, 0.2) is 0 Å². The van der Waals surface area contributed by atoms with Gasteiger partial charge in [0.1, 0.15) is 0 Å². The highest BCUT2D eigenvalue weighted by Gasteiger charge is 2.05. The molecule has 0 amide bonds. The maximum Gasteiger partial charge on any atom is 0.0950 e. The molecule has 0 unspecified atom stereocenters. The Labute approximate surface area is 95.4 Å². The normalized spacial score (nSPS) is 9.36. The molecule has 4 heteroatoms. The lowest BCUT2D eigenvalue weighted by molar-refractivity contribution is 1.17. The molecule has 0 saturated heterocycles. The average molecular weight is 233 g/mol. The standard InChI is InChI=1S/C10H13ClN2.ClH/c1-6-3-8(11)4-7(2)9(6)5-10(12)13;/h3-4H,5H2,1-2H3,(H3,12,13);1H. The Balaban J connectivity index is 0.00000169. The first-order valence-electron chi connectivity index (χ1n) is 4.09. The SMILES string of the molecule is Cc1cc(Cl)cc(C)c1CC(=N)N.Cl. The largest absolute Gasteiger partial charge is 0.387 e. The molecule has 0 aliphatic heterocycles. The number of nitrogens with one attached hydrogen (secondary N) is 1. The molecule has 1 aromatic rings. The van der Waals surface area contributed by atoms with Crippen LogP contribution in [0.4, 0.5) is 0 Å². The Bertz CT molecular complexity index is 325. The van der Waals surface area contributed by atoms with Gasteiger partial charge in [-0.15, -0.1) is 12.4 Å². The van der Waals surface area contributed by atoms with Crippen LogP contribution in [0.5, 0.6) is 0 Å². The summed E-state index contributed by atoms with van der Waals surface area (Å²) < 4.78 is 0. The minimum absolute atomic E-state index is 0. The molecule has 1 aromatic carbocycles. The van der Waals surface area contributed by atoms with Crippen LogP contribution in [0.15, 0.2) is 12.1 Å². The van der Waals surface area contributed by atoms with Crippen LogP contribution >= 0.6 is 24.0 Å². The van der Waals surface area contributed by atoms with Crippen molar-refractivity contribution in [1.82, 2.24) is 0 Å². The number of hydrogen-bond acceptors (Lipinski definition) is 1.